The number of rotatable bonds is 17. The zero-order valence-corrected chi connectivity index (χ0v) is 29.0. The van der Waals surface area contributed by atoms with Crippen LogP contribution < -0.4 is 21.3 Å². The van der Waals surface area contributed by atoms with Crippen molar-refractivity contribution >= 4 is 33.7 Å². The number of amides is 4. The lowest BCUT2D eigenvalue weighted by Gasteiger charge is -2.30. The minimum Gasteiger partial charge on any atom is -0.444 e. The average Bonchev–Trinajstić information content (AvgIpc) is 2.90. The second-order valence-corrected chi connectivity index (χ2v) is 15.8. The number of aliphatic hydroxyl groups is 1. The van der Waals surface area contributed by atoms with Gasteiger partial charge in [-0.2, -0.15) is 0 Å². The molecule has 0 fully saturated rings. The van der Waals surface area contributed by atoms with Crippen LogP contribution in [0.25, 0.3) is 0 Å². The standard InChI is InChI=1S/C32H54N4O8S/c1-20(2)17-25(34-29(39)24(15-16-45(9,42)43)35-31(41)44-32(6,7)8)26(37)18-22(5)28(38)36-27(21(3)4)30(40)33-19-23-13-11-10-12-14-23/h10-14,20-22,24-27,37H,15-19H2,1-9H3,(H,33,40)(H,34,39)(H,35,41)(H,36,38)/t22-,24+,25+,26+,27+/m1/s1. The molecule has 0 aliphatic carbocycles. The molecule has 5 N–H and O–H groups in total. The second kappa shape index (κ2) is 18.1. The van der Waals surface area contributed by atoms with E-state index in [4.69, 9.17) is 4.74 Å². The van der Waals surface area contributed by atoms with Gasteiger partial charge in [0, 0.05) is 18.7 Å². The molecule has 0 radical (unpaired) electrons. The molecule has 1 aromatic carbocycles. The Hall–Kier alpha value is -3.19. The van der Waals surface area contributed by atoms with Gasteiger partial charge in [-0.25, -0.2) is 13.2 Å². The van der Waals surface area contributed by atoms with E-state index in [2.05, 4.69) is 21.3 Å². The fourth-order valence-electron chi connectivity index (χ4n) is 4.51. The number of hydrogen-bond donors (Lipinski definition) is 5. The second-order valence-electron chi connectivity index (χ2n) is 13.5. The van der Waals surface area contributed by atoms with E-state index in [-0.39, 0.29) is 36.3 Å². The molecular weight excluding hydrogens is 600 g/mol. The van der Waals surface area contributed by atoms with E-state index in [1.54, 1.807) is 27.7 Å². The van der Waals surface area contributed by atoms with Crippen LogP contribution in [0.15, 0.2) is 30.3 Å². The molecule has 1 aromatic rings. The maximum atomic E-state index is 13.3. The summed E-state index contributed by atoms with van der Waals surface area (Å²) in [6.07, 6.45) is -0.871. The predicted molar refractivity (Wildman–Crippen MR) is 174 cm³/mol. The number of hydrogen-bond acceptors (Lipinski definition) is 8. The van der Waals surface area contributed by atoms with Gasteiger partial charge in [-0.3, -0.25) is 14.4 Å². The molecule has 0 bridgehead atoms. The topological polar surface area (TPSA) is 180 Å². The van der Waals surface area contributed by atoms with Crippen molar-refractivity contribution < 1.29 is 37.4 Å². The van der Waals surface area contributed by atoms with E-state index < -0.39 is 63.5 Å². The van der Waals surface area contributed by atoms with Crippen LogP contribution >= 0.6 is 0 Å². The highest BCUT2D eigenvalue weighted by Crippen LogP contribution is 2.17. The first kappa shape index (κ1) is 39.8. The van der Waals surface area contributed by atoms with Crippen LogP contribution in [-0.2, 0) is 35.5 Å². The summed E-state index contributed by atoms with van der Waals surface area (Å²) in [5.74, 6) is -2.65. The van der Waals surface area contributed by atoms with Crippen LogP contribution in [0.3, 0.4) is 0 Å². The molecule has 1 rings (SSSR count). The third-order valence-corrected chi connectivity index (χ3v) is 7.88. The van der Waals surface area contributed by atoms with E-state index >= 15 is 0 Å². The molecule has 0 aromatic heterocycles. The largest absolute Gasteiger partial charge is 0.444 e. The van der Waals surface area contributed by atoms with E-state index in [9.17, 15) is 32.7 Å². The summed E-state index contributed by atoms with van der Waals surface area (Å²) in [6, 6.07) is 6.58. The molecule has 45 heavy (non-hydrogen) atoms. The van der Waals surface area contributed by atoms with Crippen LogP contribution in [0.4, 0.5) is 4.79 Å². The molecule has 12 nitrogen and oxygen atoms in total. The zero-order chi connectivity index (χ0) is 34.5. The van der Waals surface area contributed by atoms with Crippen molar-refractivity contribution in [2.75, 3.05) is 12.0 Å². The highest BCUT2D eigenvalue weighted by atomic mass is 32.2. The van der Waals surface area contributed by atoms with Crippen molar-refractivity contribution in [3.63, 3.8) is 0 Å². The monoisotopic (exact) mass is 654 g/mol. The van der Waals surface area contributed by atoms with Gasteiger partial charge in [-0.15, -0.1) is 0 Å². The Morgan fingerprint density at radius 1 is 0.867 bits per heavy atom. The van der Waals surface area contributed by atoms with Crippen LogP contribution in [0.2, 0.25) is 0 Å². The lowest BCUT2D eigenvalue weighted by atomic mass is 9.91. The summed E-state index contributed by atoms with van der Waals surface area (Å²) in [5, 5.41) is 22.0. The lowest BCUT2D eigenvalue weighted by molar-refractivity contribution is -0.132. The number of sulfone groups is 1. The predicted octanol–water partition coefficient (Wildman–Crippen LogP) is 2.69. The molecule has 256 valence electrons. The van der Waals surface area contributed by atoms with Crippen molar-refractivity contribution in [3.8, 4) is 0 Å². The summed E-state index contributed by atoms with van der Waals surface area (Å²) >= 11 is 0. The Morgan fingerprint density at radius 2 is 1.47 bits per heavy atom. The van der Waals surface area contributed by atoms with Crippen LogP contribution in [0.1, 0.15) is 80.2 Å². The van der Waals surface area contributed by atoms with Gasteiger partial charge in [0.05, 0.1) is 17.9 Å². The van der Waals surface area contributed by atoms with Crippen LogP contribution in [0, 0.1) is 17.8 Å². The number of ether oxygens (including phenoxy) is 1. The smallest absolute Gasteiger partial charge is 0.408 e. The molecular formula is C32H54N4O8S. The Morgan fingerprint density at radius 3 is 1.98 bits per heavy atom. The summed E-state index contributed by atoms with van der Waals surface area (Å²) in [4.78, 5) is 51.8. The van der Waals surface area contributed by atoms with E-state index in [1.807, 2.05) is 58.0 Å². The minimum absolute atomic E-state index is 0.0204. The molecule has 5 atom stereocenters. The third-order valence-electron chi connectivity index (χ3n) is 6.90. The quantitative estimate of drug-likeness (QED) is 0.170. The lowest BCUT2D eigenvalue weighted by Crippen LogP contribution is -2.54. The SMILES string of the molecule is CC(C)C[C@H](NC(=O)[C@H](CCS(C)(=O)=O)NC(=O)OC(C)(C)C)[C@@H](O)C[C@@H](C)C(=O)N[C@H](C(=O)NCc1ccccc1)C(C)C. The summed E-state index contributed by atoms with van der Waals surface area (Å²) < 4.78 is 28.9. The van der Waals surface area contributed by atoms with E-state index in [1.165, 1.54) is 0 Å². The molecule has 0 unspecified atom stereocenters. The molecule has 4 amide bonds. The van der Waals surface area contributed by atoms with Crippen molar-refractivity contribution in [3.05, 3.63) is 35.9 Å². The van der Waals surface area contributed by atoms with Crippen molar-refractivity contribution in [2.24, 2.45) is 17.8 Å². The first-order valence-electron chi connectivity index (χ1n) is 15.5. The van der Waals surface area contributed by atoms with Gasteiger partial charge in [0.25, 0.3) is 0 Å². The van der Waals surface area contributed by atoms with E-state index in [0.717, 1.165) is 11.8 Å². The maximum absolute atomic E-state index is 13.3. The van der Waals surface area contributed by atoms with Gasteiger partial charge in [0.15, 0.2) is 0 Å². The molecule has 0 aliphatic rings. The third kappa shape index (κ3) is 16.6. The minimum atomic E-state index is -3.45. The fraction of sp³-hybridized carbons (Fsp3) is 0.688. The van der Waals surface area contributed by atoms with Gasteiger partial charge < -0.3 is 31.1 Å². The van der Waals surface area contributed by atoms with Gasteiger partial charge in [-0.05, 0) is 57.4 Å². The Kier molecular flexibility index (Phi) is 16.0. The van der Waals surface area contributed by atoms with Crippen molar-refractivity contribution in [2.45, 2.75) is 111 Å². The number of benzene rings is 1. The molecule has 0 saturated carbocycles. The fourth-order valence-corrected chi connectivity index (χ4v) is 5.18. The van der Waals surface area contributed by atoms with Gasteiger partial charge in [0.2, 0.25) is 17.7 Å². The normalized spacial score (nSPS) is 15.4. The number of aliphatic hydroxyl groups excluding tert-OH is 1. The summed E-state index contributed by atoms with van der Waals surface area (Å²) in [7, 11) is -3.45. The summed E-state index contributed by atoms with van der Waals surface area (Å²) in [6.45, 7) is 14.4. The molecule has 13 heteroatoms. The summed E-state index contributed by atoms with van der Waals surface area (Å²) in [5.41, 5.74) is 0.0841. The molecule has 0 saturated heterocycles. The van der Waals surface area contributed by atoms with Gasteiger partial charge >= 0.3 is 6.09 Å². The van der Waals surface area contributed by atoms with Gasteiger partial charge in [0.1, 0.15) is 27.5 Å². The average molecular weight is 655 g/mol. The Bertz CT molecular complexity index is 1220. The van der Waals surface area contributed by atoms with Gasteiger partial charge in [-0.1, -0.05) is 65.0 Å². The highest BCUT2D eigenvalue weighted by Gasteiger charge is 2.32. The zero-order valence-electron chi connectivity index (χ0n) is 28.2. The van der Waals surface area contributed by atoms with E-state index in [0.29, 0.717) is 13.0 Å². The first-order valence-corrected chi connectivity index (χ1v) is 17.5. The van der Waals surface area contributed by atoms with Crippen LogP contribution in [-0.4, -0.2) is 79.2 Å². The highest BCUT2D eigenvalue weighted by molar-refractivity contribution is 7.90. The molecule has 0 heterocycles. The Labute approximate surface area is 268 Å². The number of carbonyl (C=O) groups is 4. The first-order chi connectivity index (χ1) is 20.7. The number of nitrogens with one attached hydrogen (secondary N) is 4. The van der Waals surface area contributed by atoms with Crippen LogP contribution in [0.5, 0.6) is 0 Å². The Balaban J connectivity index is 2.96. The molecule has 0 aliphatic heterocycles. The maximum Gasteiger partial charge on any atom is 0.408 e. The molecule has 0 spiro atoms. The number of carbonyl (C=O) groups excluding carboxylic acids is 4. The number of alkyl carbamates (subject to hydrolysis) is 1. The van der Waals surface area contributed by atoms with Crippen molar-refractivity contribution in [1.29, 1.82) is 0 Å². The van der Waals surface area contributed by atoms with Crippen molar-refractivity contribution in [1.82, 2.24) is 21.3 Å².